The van der Waals surface area contributed by atoms with Crippen LogP contribution in [0.4, 0.5) is 13.6 Å². The predicted molar refractivity (Wildman–Crippen MR) is 188 cm³/mol. The third-order valence-electron chi connectivity index (χ3n) is 10.7. The van der Waals surface area contributed by atoms with Gasteiger partial charge in [0, 0.05) is 13.1 Å². The van der Waals surface area contributed by atoms with Gasteiger partial charge in [0.05, 0.1) is 52.1 Å². The molecule has 0 bridgehead atoms. The maximum absolute atomic E-state index is 14.5. The summed E-state index contributed by atoms with van der Waals surface area (Å²) in [5, 5.41) is 20.1. The van der Waals surface area contributed by atoms with Crippen molar-refractivity contribution in [3.8, 4) is 17.6 Å². The number of nitriles is 1. The number of amides is 1. The maximum atomic E-state index is 14.5. The normalized spacial score (nSPS) is 22.8. The zero-order chi connectivity index (χ0) is 37.4. The number of nitrogens with zero attached hydrogens (tertiary/aromatic N) is 4. The van der Waals surface area contributed by atoms with E-state index in [0.29, 0.717) is 37.6 Å². The molecule has 1 N–H and O–H groups in total. The molecule has 1 spiro atoms. The molecule has 3 aromatic carbocycles. The number of piperidine rings is 1. The number of fused-ring (bicyclic) bond motifs is 1. The molecule has 7 rings (SSSR count). The lowest BCUT2D eigenvalue weighted by molar-refractivity contribution is -0.0244. The summed E-state index contributed by atoms with van der Waals surface area (Å²) in [6, 6.07) is 16.5. The van der Waals surface area contributed by atoms with Gasteiger partial charge in [-0.25, -0.2) is 27.0 Å². The molecule has 0 radical (unpaired) electrons. The number of benzene rings is 3. The number of halogens is 2. The van der Waals surface area contributed by atoms with Crippen molar-refractivity contribution in [3.05, 3.63) is 100 Å². The van der Waals surface area contributed by atoms with E-state index in [1.54, 1.807) is 6.07 Å². The first-order valence-electron chi connectivity index (χ1n) is 17.5. The number of aromatic nitrogens is 2. The second kappa shape index (κ2) is 14.5. The van der Waals surface area contributed by atoms with E-state index in [9.17, 15) is 37.2 Å². The number of ether oxygens (including phenoxy) is 3. The van der Waals surface area contributed by atoms with Crippen molar-refractivity contribution >= 4 is 26.8 Å². The monoisotopic (exact) mass is 748 g/mol. The molecule has 3 aliphatic rings. The van der Waals surface area contributed by atoms with Crippen LogP contribution in [0, 0.1) is 23.0 Å². The number of likely N-dealkylation sites (tertiary alicyclic amines) is 1. The van der Waals surface area contributed by atoms with Gasteiger partial charge in [-0.1, -0.05) is 30.3 Å². The predicted octanol–water partition coefficient (Wildman–Crippen LogP) is 5.56. The van der Waals surface area contributed by atoms with Gasteiger partial charge in [-0.05, 0) is 80.8 Å². The highest BCUT2D eigenvalue weighted by Gasteiger charge is 2.48. The second-order valence-corrected chi connectivity index (χ2v) is 16.5. The van der Waals surface area contributed by atoms with Crippen molar-refractivity contribution in [2.24, 2.45) is 0 Å². The summed E-state index contributed by atoms with van der Waals surface area (Å²) in [5.74, 6) is -2.83. The van der Waals surface area contributed by atoms with Crippen LogP contribution in [0.3, 0.4) is 0 Å². The first kappa shape index (κ1) is 36.4. The summed E-state index contributed by atoms with van der Waals surface area (Å²) in [4.78, 5) is 32.2. The fraction of sp³-hybridized carbons (Fsp3) is 0.421. The van der Waals surface area contributed by atoms with E-state index in [-0.39, 0.29) is 62.1 Å². The lowest BCUT2D eigenvalue weighted by atomic mass is 9.82. The van der Waals surface area contributed by atoms with Crippen molar-refractivity contribution in [1.29, 1.82) is 5.26 Å². The zero-order valence-electron chi connectivity index (χ0n) is 28.7. The summed E-state index contributed by atoms with van der Waals surface area (Å²) >= 11 is 0. The molecule has 53 heavy (non-hydrogen) atoms. The Hall–Kier alpha value is -4.91. The summed E-state index contributed by atoms with van der Waals surface area (Å²) in [6.45, 7) is 0.717. The fourth-order valence-corrected chi connectivity index (χ4v) is 9.90. The quantitative estimate of drug-likeness (QED) is 0.242. The van der Waals surface area contributed by atoms with Crippen molar-refractivity contribution < 1.29 is 41.3 Å². The van der Waals surface area contributed by atoms with E-state index in [1.165, 1.54) is 34.0 Å². The van der Waals surface area contributed by atoms with Gasteiger partial charge in [-0.15, -0.1) is 0 Å². The molecule has 12 nitrogen and oxygen atoms in total. The summed E-state index contributed by atoms with van der Waals surface area (Å²) in [7, 11) is -3.68. The summed E-state index contributed by atoms with van der Waals surface area (Å²) in [5.41, 5.74) is -1.85. The molecule has 3 heterocycles. The lowest BCUT2D eigenvalue weighted by Crippen LogP contribution is -2.51. The highest BCUT2D eigenvalue weighted by atomic mass is 32.2. The largest absolute Gasteiger partial charge is 0.453 e. The molecule has 1 amide bonds. The molecule has 1 aromatic heterocycles. The van der Waals surface area contributed by atoms with Crippen LogP contribution in [0.15, 0.2) is 71.8 Å². The van der Waals surface area contributed by atoms with Crippen LogP contribution in [0.1, 0.15) is 62.1 Å². The Labute approximate surface area is 304 Å². The SMILES string of the molecule is N#Cc1c(F)ccc(F)c1Oc1ccc2ncn([C@H]3COC4(CCC(S(=O)(=O)CC5(O)CCN(C(=O)OCc6ccccc6)CC5)CC4)C3)c(=O)c2c1. The fourth-order valence-electron chi connectivity index (χ4n) is 7.67. The van der Waals surface area contributed by atoms with Gasteiger partial charge in [0.2, 0.25) is 0 Å². The Kier molecular flexibility index (Phi) is 9.96. The number of aliphatic hydroxyl groups is 1. The molecular formula is C38H38F2N4O8S. The Bertz CT molecular complexity index is 2230. The van der Waals surface area contributed by atoms with Crippen molar-refractivity contribution in [1.82, 2.24) is 14.5 Å². The van der Waals surface area contributed by atoms with E-state index in [1.807, 2.05) is 30.3 Å². The second-order valence-electron chi connectivity index (χ2n) is 14.2. The molecule has 1 aliphatic carbocycles. The van der Waals surface area contributed by atoms with Crippen LogP contribution in [0.5, 0.6) is 11.5 Å². The Morgan fingerprint density at radius 2 is 1.75 bits per heavy atom. The maximum Gasteiger partial charge on any atom is 0.410 e. The van der Waals surface area contributed by atoms with Gasteiger partial charge in [0.1, 0.15) is 29.8 Å². The van der Waals surface area contributed by atoms with Crippen LogP contribution < -0.4 is 10.3 Å². The number of carbonyl (C=O) groups excluding carboxylic acids is 1. The van der Waals surface area contributed by atoms with E-state index < -0.39 is 60.9 Å². The lowest BCUT2D eigenvalue weighted by Gasteiger charge is -2.40. The van der Waals surface area contributed by atoms with Gasteiger partial charge in [-0.3, -0.25) is 9.36 Å². The van der Waals surface area contributed by atoms with Crippen LogP contribution in [0.2, 0.25) is 0 Å². The topological polar surface area (TPSA) is 161 Å². The van der Waals surface area contributed by atoms with Gasteiger partial charge in [-0.2, -0.15) is 5.26 Å². The summed E-state index contributed by atoms with van der Waals surface area (Å²) < 4.78 is 74.4. The standard InChI is InChI=1S/C38H38F2N4O8S/c39-31-7-8-32(40)34(30(31)20-41)52-27-6-9-33-29(18-27)35(45)44(24-42-33)26-19-38(51-22-26)12-10-28(11-13-38)53(48,49)23-37(47)14-16-43(17-15-37)36(46)50-21-25-4-2-1-3-5-25/h1-9,18,24,26,28,47H,10-17,19,21-23H2/t26-,28?,38?/m1/s1. The highest BCUT2D eigenvalue weighted by Crippen LogP contribution is 2.45. The molecule has 3 fully saturated rings. The Morgan fingerprint density at radius 3 is 2.47 bits per heavy atom. The van der Waals surface area contributed by atoms with E-state index in [4.69, 9.17) is 14.2 Å². The van der Waals surface area contributed by atoms with E-state index in [2.05, 4.69) is 4.98 Å². The molecule has 1 saturated carbocycles. The van der Waals surface area contributed by atoms with Crippen LogP contribution in [0.25, 0.3) is 10.9 Å². The van der Waals surface area contributed by atoms with Gasteiger partial charge >= 0.3 is 6.09 Å². The molecule has 1 atom stereocenters. The summed E-state index contributed by atoms with van der Waals surface area (Å²) in [6.07, 6.45) is 3.25. The highest BCUT2D eigenvalue weighted by molar-refractivity contribution is 7.92. The molecule has 278 valence electrons. The first-order chi connectivity index (χ1) is 25.4. The van der Waals surface area contributed by atoms with Gasteiger partial charge in [0.15, 0.2) is 21.4 Å². The van der Waals surface area contributed by atoms with E-state index >= 15 is 0 Å². The van der Waals surface area contributed by atoms with E-state index in [0.717, 1.165) is 17.7 Å². The number of carbonyl (C=O) groups is 1. The Balaban J connectivity index is 0.953. The minimum absolute atomic E-state index is 0.0189. The van der Waals surface area contributed by atoms with Crippen LogP contribution in [-0.4, -0.2) is 76.0 Å². The molecule has 2 aliphatic heterocycles. The van der Waals surface area contributed by atoms with Crippen molar-refractivity contribution in [2.45, 2.75) is 74.0 Å². The van der Waals surface area contributed by atoms with Crippen LogP contribution >= 0.6 is 0 Å². The minimum Gasteiger partial charge on any atom is -0.453 e. The van der Waals surface area contributed by atoms with Crippen molar-refractivity contribution in [2.75, 3.05) is 25.4 Å². The molecule has 4 aromatic rings. The molecule has 15 heteroatoms. The molecule has 0 unspecified atom stereocenters. The Morgan fingerprint density at radius 1 is 1.04 bits per heavy atom. The minimum atomic E-state index is -3.68. The van der Waals surface area contributed by atoms with Gasteiger partial charge < -0.3 is 24.2 Å². The molecule has 2 saturated heterocycles. The third kappa shape index (κ3) is 7.62. The molecular weight excluding hydrogens is 711 g/mol. The number of rotatable bonds is 8. The number of hydrogen-bond donors (Lipinski definition) is 1. The third-order valence-corrected chi connectivity index (χ3v) is 13.1. The smallest absolute Gasteiger partial charge is 0.410 e. The first-order valence-corrected chi connectivity index (χ1v) is 19.2. The van der Waals surface area contributed by atoms with Crippen molar-refractivity contribution in [3.63, 3.8) is 0 Å². The zero-order valence-corrected chi connectivity index (χ0v) is 29.6. The van der Waals surface area contributed by atoms with Crippen LogP contribution in [-0.2, 0) is 25.9 Å². The van der Waals surface area contributed by atoms with Gasteiger partial charge in [0.25, 0.3) is 5.56 Å². The number of sulfone groups is 1. The average molecular weight is 749 g/mol. The average Bonchev–Trinajstić information content (AvgIpc) is 3.55. The number of hydrogen-bond acceptors (Lipinski definition) is 10.